The standard InChI is InChI=1S/C22H18F6N2O2/c1-13(31-16-7-6-15(12-29)18(10-16)21(23,24)25)4-5-14(2)32-17-8-9-20(30-3)19(11-17)22(26,27)28/h6-11,13-14H,4-5H2,1-2H3/t13-,14-/m0/s1. The summed E-state index contributed by atoms with van der Waals surface area (Å²) in [7, 11) is 0. The third kappa shape index (κ3) is 6.55. The van der Waals surface area contributed by atoms with Crippen LogP contribution >= 0.6 is 0 Å². The number of benzene rings is 2. The van der Waals surface area contributed by atoms with Crippen molar-refractivity contribution in [2.45, 2.75) is 51.2 Å². The van der Waals surface area contributed by atoms with Crippen LogP contribution in [0.2, 0.25) is 0 Å². The second-order valence-corrected chi connectivity index (χ2v) is 7.04. The molecule has 0 aliphatic rings. The van der Waals surface area contributed by atoms with Gasteiger partial charge in [0, 0.05) is 0 Å². The lowest BCUT2D eigenvalue weighted by Crippen LogP contribution is -2.19. The van der Waals surface area contributed by atoms with Gasteiger partial charge in [-0.25, -0.2) is 4.85 Å². The number of nitriles is 1. The zero-order valence-electron chi connectivity index (χ0n) is 17.0. The SMILES string of the molecule is [C-]#[N+]c1ccc(O[C@@H](C)CC[C@H](C)Oc2ccc(C#N)c(C(F)(F)F)c2)cc1C(F)(F)F. The highest BCUT2D eigenvalue weighted by molar-refractivity contribution is 5.56. The maximum absolute atomic E-state index is 13.1. The Bertz CT molecular complexity index is 951. The Hall–Kier alpha value is -3.40. The normalized spacial score (nSPS) is 13.6. The van der Waals surface area contributed by atoms with E-state index in [0.717, 1.165) is 24.3 Å². The van der Waals surface area contributed by atoms with Crippen molar-refractivity contribution in [2.75, 3.05) is 0 Å². The average Bonchev–Trinajstić information content (AvgIpc) is 2.71. The van der Waals surface area contributed by atoms with Crippen LogP contribution in [0.25, 0.3) is 4.85 Å². The molecule has 2 atom stereocenters. The van der Waals surface area contributed by atoms with E-state index < -0.39 is 46.9 Å². The summed E-state index contributed by atoms with van der Waals surface area (Å²) in [4.78, 5) is 2.86. The minimum Gasteiger partial charge on any atom is -0.491 e. The molecular formula is C22H18F6N2O2. The summed E-state index contributed by atoms with van der Waals surface area (Å²) in [5, 5.41) is 8.83. The number of alkyl halides is 6. The first-order valence-electron chi connectivity index (χ1n) is 9.38. The largest absolute Gasteiger partial charge is 0.491 e. The van der Waals surface area contributed by atoms with Crippen LogP contribution in [0, 0.1) is 17.9 Å². The Labute approximate surface area is 180 Å². The van der Waals surface area contributed by atoms with Gasteiger partial charge in [0.15, 0.2) is 5.69 Å². The summed E-state index contributed by atoms with van der Waals surface area (Å²) in [5.41, 5.74) is -3.22. The minimum absolute atomic E-state index is 0.0484. The Morgan fingerprint density at radius 1 is 0.875 bits per heavy atom. The lowest BCUT2D eigenvalue weighted by molar-refractivity contribution is -0.138. The van der Waals surface area contributed by atoms with Gasteiger partial charge in [-0.15, -0.1) is 0 Å². The molecule has 0 saturated heterocycles. The molecule has 0 unspecified atom stereocenters. The van der Waals surface area contributed by atoms with Crippen molar-refractivity contribution in [2.24, 2.45) is 0 Å². The van der Waals surface area contributed by atoms with Gasteiger partial charge in [0.25, 0.3) is 0 Å². The first-order chi connectivity index (χ1) is 14.8. The zero-order chi connectivity index (χ0) is 24.1. The maximum atomic E-state index is 13.1. The predicted octanol–water partition coefficient (Wildman–Crippen LogP) is 7.16. The van der Waals surface area contributed by atoms with Crippen LogP contribution in [-0.4, -0.2) is 12.2 Å². The van der Waals surface area contributed by atoms with E-state index in [9.17, 15) is 26.3 Å². The van der Waals surface area contributed by atoms with Crippen LogP contribution in [-0.2, 0) is 12.4 Å². The molecule has 2 aromatic rings. The van der Waals surface area contributed by atoms with Gasteiger partial charge in [-0.3, -0.25) is 0 Å². The summed E-state index contributed by atoms with van der Waals surface area (Å²) < 4.78 is 89.3. The first-order valence-corrected chi connectivity index (χ1v) is 9.38. The third-order valence-corrected chi connectivity index (χ3v) is 4.47. The Kier molecular flexibility index (Phi) is 7.63. The summed E-state index contributed by atoms with van der Waals surface area (Å²) in [6.45, 7) is 10.1. The number of nitrogens with zero attached hydrogens (tertiary/aromatic N) is 2. The molecule has 0 heterocycles. The smallest absolute Gasteiger partial charge is 0.417 e. The molecule has 0 radical (unpaired) electrons. The second kappa shape index (κ2) is 9.82. The van der Waals surface area contributed by atoms with E-state index >= 15 is 0 Å². The molecule has 0 aliphatic carbocycles. The van der Waals surface area contributed by atoms with Crippen molar-refractivity contribution >= 4 is 5.69 Å². The summed E-state index contributed by atoms with van der Waals surface area (Å²) in [6.07, 6.45) is -9.75. The summed E-state index contributed by atoms with van der Waals surface area (Å²) in [6, 6.07) is 7.61. The van der Waals surface area contributed by atoms with Crippen LogP contribution in [0.4, 0.5) is 32.0 Å². The molecule has 32 heavy (non-hydrogen) atoms. The molecule has 0 fully saturated rings. The quantitative estimate of drug-likeness (QED) is 0.328. The minimum atomic E-state index is -4.70. The lowest BCUT2D eigenvalue weighted by Gasteiger charge is -2.20. The Balaban J connectivity index is 1.99. The van der Waals surface area contributed by atoms with Gasteiger partial charge in [-0.05, 0) is 57.0 Å². The summed E-state index contributed by atoms with van der Waals surface area (Å²) in [5.74, 6) is -0.102. The van der Waals surface area contributed by atoms with E-state index in [4.69, 9.17) is 21.3 Å². The van der Waals surface area contributed by atoms with E-state index in [1.807, 2.05) is 0 Å². The van der Waals surface area contributed by atoms with E-state index in [2.05, 4.69) is 4.85 Å². The fraction of sp³-hybridized carbons (Fsp3) is 0.364. The van der Waals surface area contributed by atoms with Crippen LogP contribution in [0.15, 0.2) is 36.4 Å². The molecule has 170 valence electrons. The van der Waals surface area contributed by atoms with Gasteiger partial charge in [-0.1, -0.05) is 6.07 Å². The highest BCUT2D eigenvalue weighted by Gasteiger charge is 2.35. The van der Waals surface area contributed by atoms with Crippen LogP contribution in [0.3, 0.4) is 0 Å². The fourth-order valence-electron chi connectivity index (χ4n) is 2.89. The predicted molar refractivity (Wildman–Crippen MR) is 103 cm³/mol. The van der Waals surface area contributed by atoms with E-state index in [0.29, 0.717) is 12.8 Å². The Morgan fingerprint density at radius 2 is 1.34 bits per heavy atom. The number of rotatable bonds is 7. The van der Waals surface area contributed by atoms with E-state index in [1.54, 1.807) is 13.8 Å². The monoisotopic (exact) mass is 456 g/mol. The second-order valence-electron chi connectivity index (χ2n) is 7.04. The molecule has 0 amide bonds. The highest BCUT2D eigenvalue weighted by Crippen LogP contribution is 2.39. The highest BCUT2D eigenvalue weighted by atomic mass is 19.4. The average molecular weight is 456 g/mol. The van der Waals surface area contributed by atoms with Gasteiger partial charge < -0.3 is 9.47 Å². The van der Waals surface area contributed by atoms with Gasteiger partial charge in [0.1, 0.15) is 11.5 Å². The summed E-state index contributed by atoms with van der Waals surface area (Å²) >= 11 is 0. The zero-order valence-corrected chi connectivity index (χ0v) is 17.0. The molecule has 2 rings (SSSR count). The van der Waals surface area contributed by atoms with Crippen molar-refractivity contribution < 1.29 is 35.8 Å². The molecule has 4 nitrogen and oxygen atoms in total. The van der Waals surface area contributed by atoms with E-state index in [1.165, 1.54) is 18.2 Å². The first kappa shape index (κ1) is 24.9. The molecule has 0 spiro atoms. The number of ether oxygens (including phenoxy) is 2. The molecule has 2 aromatic carbocycles. The Morgan fingerprint density at radius 3 is 1.78 bits per heavy atom. The van der Waals surface area contributed by atoms with Crippen LogP contribution < -0.4 is 9.47 Å². The molecule has 0 aliphatic heterocycles. The molecule has 0 N–H and O–H groups in total. The molecular weight excluding hydrogens is 438 g/mol. The van der Waals surface area contributed by atoms with Crippen molar-refractivity contribution in [1.29, 1.82) is 5.26 Å². The van der Waals surface area contributed by atoms with Gasteiger partial charge >= 0.3 is 12.4 Å². The number of halogens is 6. The third-order valence-electron chi connectivity index (χ3n) is 4.47. The molecule has 0 aromatic heterocycles. The number of hydrogen-bond acceptors (Lipinski definition) is 3. The van der Waals surface area contributed by atoms with Gasteiger partial charge in [-0.2, -0.15) is 31.6 Å². The van der Waals surface area contributed by atoms with Gasteiger partial charge in [0.05, 0.1) is 41.5 Å². The maximum Gasteiger partial charge on any atom is 0.417 e. The van der Waals surface area contributed by atoms with Crippen LogP contribution in [0.5, 0.6) is 11.5 Å². The molecule has 0 saturated carbocycles. The van der Waals surface area contributed by atoms with Crippen molar-refractivity contribution in [3.8, 4) is 17.6 Å². The van der Waals surface area contributed by atoms with Crippen molar-refractivity contribution in [3.05, 3.63) is 64.5 Å². The topological polar surface area (TPSA) is 46.6 Å². The lowest BCUT2D eigenvalue weighted by atomic mass is 10.1. The van der Waals surface area contributed by atoms with E-state index in [-0.39, 0.29) is 11.5 Å². The van der Waals surface area contributed by atoms with Crippen molar-refractivity contribution in [1.82, 2.24) is 0 Å². The molecule has 0 bridgehead atoms. The van der Waals surface area contributed by atoms with Crippen molar-refractivity contribution in [3.63, 3.8) is 0 Å². The number of hydrogen-bond donors (Lipinski definition) is 0. The van der Waals surface area contributed by atoms with Crippen LogP contribution in [0.1, 0.15) is 43.4 Å². The molecule has 10 heteroatoms. The fourth-order valence-corrected chi connectivity index (χ4v) is 2.89. The van der Waals surface area contributed by atoms with Gasteiger partial charge in [0.2, 0.25) is 0 Å².